The van der Waals surface area contributed by atoms with E-state index in [-0.39, 0.29) is 11.3 Å². The zero-order valence-electron chi connectivity index (χ0n) is 14.2. The van der Waals surface area contributed by atoms with Gasteiger partial charge in [0.2, 0.25) is 0 Å². The molecule has 1 unspecified atom stereocenters. The number of fused-ring (bicyclic) bond motifs is 1. The van der Waals surface area contributed by atoms with Crippen LogP contribution in [0.4, 0.5) is 11.4 Å². The van der Waals surface area contributed by atoms with Crippen LogP contribution in [0.3, 0.4) is 0 Å². The fraction of sp³-hybridized carbons (Fsp3) is 0.158. The summed E-state index contributed by atoms with van der Waals surface area (Å²) in [5.41, 5.74) is 1.16. The molecular weight excluding hydrogens is 336 g/mol. The third-order valence-electron chi connectivity index (χ3n) is 4.00. The number of allylic oxidation sites excluding steroid dienone is 1. The number of benzene rings is 2. The number of rotatable bonds is 3. The number of hydrogen-bond donors (Lipinski definition) is 0. The maximum absolute atomic E-state index is 12.9. The van der Waals surface area contributed by atoms with Crippen LogP contribution in [0.1, 0.15) is 29.8 Å². The summed E-state index contributed by atoms with van der Waals surface area (Å²) in [6.07, 6.45) is 2.84. The molecule has 0 saturated heterocycles. The Morgan fingerprint density at radius 2 is 1.92 bits per heavy atom. The Morgan fingerprint density at radius 3 is 2.54 bits per heavy atom. The largest absolute Gasteiger partial charge is 0.478 e. The Balaban J connectivity index is 2.06. The number of anilines is 1. The second-order valence-electron chi connectivity index (χ2n) is 5.74. The van der Waals surface area contributed by atoms with Crippen LogP contribution in [0.15, 0.2) is 48.5 Å². The van der Waals surface area contributed by atoms with Crippen LogP contribution in [-0.4, -0.2) is 22.8 Å². The lowest BCUT2D eigenvalue weighted by atomic mass is 10.1. The molecular formula is C19H16N2O5. The van der Waals surface area contributed by atoms with Crippen LogP contribution in [0, 0.1) is 10.1 Å². The normalized spacial score (nSPS) is 16.3. The molecule has 2 aromatic rings. The van der Waals surface area contributed by atoms with Gasteiger partial charge in [-0.05, 0) is 32.0 Å². The molecule has 0 spiro atoms. The highest BCUT2D eigenvalue weighted by atomic mass is 16.6. The third-order valence-corrected chi connectivity index (χ3v) is 4.00. The van der Waals surface area contributed by atoms with E-state index in [0.717, 1.165) is 10.5 Å². The number of nitro benzene ring substituents is 1. The van der Waals surface area contributed by atoms with Gasteiger partial charge in [-0.2, -0.15) is 0 Å². The molecule has 0 N–H and O–H groups in total. The van der Waals surface area contributed by atoms with Crippen molar-refractivity contribution in [1.82, 2.24) is 0 Å². The number of ether oxygens (including phenoxy) is 1. The molecule has 26 heavy (non-hydrogen) atoms. The van der Waals surface area contributed by atoms with Gasteiger partial charge in [0.1, 0.15) is 0 Å². The number of imide groups is 1. The maximum atomic E-state index is 12.9. The molecule has 3 rings (SSSR count). The van der Waals surface area contributed by atoms with Crippen LogP contribution in [0.2, 0.25) is 0 Å². The summed E-state index contributed by atoms with van der Waals surface area (Å²) >= 11 is 0. The number of carbonyl (C=O) groups is 2. The topological polar surface area (TPSA) is 89.8 Å². The molecule has 0 aromatic heterocycles. The number of nitro groups is 1. The minimum absolute atomic E-state index is 0.126. The highest BCUT2D eigenvalue weighted by Gasteiger charge is 2.37. The predicted octanol–water partition coefficient (Wildman–Crippen LogP) is 3.58. The summed E-state index contributed by atoms with van der Waals surface area (Å²) in [4.78, 5) is 36.8. The highest BCUT2D eigenvalue weighted by Crippen LogP contribution is 2.38. The third kappa shape index (κ3) is 2.95. The van der Waals surface area contributed by atoms with Crippen LogP contribution in [0.5, 0.6) is 5.75 Å². The smallest absolute Gasteiger partial charge is 0.274 e. The summed E-state index contributed by atoms with van der Waals surface area (Å²) in [7, 11) is 0. The Morgan fingerprint density at radius 1 is 1.23 bits per heavy atom. The second kappa shape index (κ2) is 6.79. The van der Waals surface area contributed by atoms with Gasteiger partial charge < -0.3 is 4.74 Å². The molecule has 1 atom stereocenters. The van der Waals surface area contributed by atoms with Gasteiger partial charge in [-0.25, -0.2) is 4.90 Å². The van der Waals surface area contributed by atoms with Crippen molar-refractivity contribution in [3.63, 3.8) is 0 Å². The zero-order valence-corrected chi connectivity index (χ0v) is 14.2. The lowest BCUT2D eigenvalue weighted by Gasteiger charge is -2.32. The average molecular weight is 352 g/mol. The molecule has 132 valence electrons. The maximum Gasteiger partial charge on any atom is 0.274 e. The summed E-state index contributed by atoms with van der Waals surface area (Å²) in [5, 5.41) is 10.8. The number of hydrogen-bond acceptors (Lipinski definition) is 5. The number of non-ortho nitro benzene ring substituents is 1. The first-order valence-corrected chi connectivity index (χ1v) is 7.99. The van der Waals surface area contributed by atoms with Crippen LogP contribution in [0.25, 0.3) is 6.08 Å². The van der Waals surface area contributed by atoms with Crippen molar-refractivity contribution in [2.75, 3.05) is 4.90 Å². The van der Waals surface area contributed by atoms with Crippen molar-refractivity contribution < 1.29 is 19.2 Å². The van der Waals surface area contributed by atoms with Crippen molar-refractivity contribution in [1.29, 1.82) is 0 Å². The van der Waals surface area contributed by atoms with Crippen LogP contribution >= 0.6 is 0 Å². The monoisotopic (exact) mass is 352 g/mol. The summed E-state index contributed by atoms with van der Waals surface area (Å²) in [5.74, 6) is -0.592. The number of para-hydroxylation sites is 1. The van der Waals surface area contributed by atoms with Crippen molar-refractivity contribution in [3.05, 3.63) is 69.8 Å². The van der Waals surface area contributed by atoms with E-state index >= 15 is 0 Å². The molecule has 0 bridgehead atoms. The minimum Gasteiger partial charge on any atom is -0.478 e. The van der Waals surface area contributed by atoms with E-state index in [4.69, 9.17) is 4.74 Å². The molecule has 0 aliphatic carbocycles. The number of nitrogens with zero attached hydrogens (tertiary/aromatic N) is 2. The van der Waals surface area contributed by atoms with Gasteiger partial charge in [-0.1, -0.05) is 24.3 Å². The fourth-order valence-corrected chi connectivity index (χ4v) is 2.75. The molecule has 1 aliphatic rings. The van der Waals surface area contributed by atoms with Gasteiger partial charge in [0, 0.05) is 23.3 Å². The molecule has 2 amide bonds. The predicted molar refractivity (Wildman–Crippen MR) is 96.2 cm³/mol. The molecule has 7 nitrogen and oxygen atoms in total. The van der Waals surface area contributed by atoms with Gasteiger partial charge in [-0.15, -0.1) is 0 Å². The van der Waals surface area contributed by atoms with E-state index in [9.17, 15) is 19.7 Å². The molecule has 1 aliphatic heterocycles. The minimum atomic E-state index is -0.823. The van der Waals surface area contributed by atoms with E-state index < -0.39 is 22.8 Å². The molecule has 0 radical (unpaired) electrons. The molecule has 7 heteroatoms. The molecule has 0 fully saturated rings. The summed E-state index contributed by atoms with van der Waals surface area (Å²) in [6, 6.07) is 10.3. The van der Waals surface area contributed by atoms with E-state index in [1.54, 1.807) is 19.1 Å². The number of amides is 2. The van der Waals surface area contributed by atoms with E-state index in [2.05, 4.69) is 0 Å². The van der Waals surface area contributed by atoms with Crippen molar-refractivity contribution in [3.8, 4) is 5.75 Å². The standard InChI is InChI=1S/C19H16N2O5/c1-3-5-13-6-4-7-16-17(13)26-12(2)18(22)20(16)19(23)14-8-10-15(11-9-14)21(24)25/h3-12H,1-2H3/b5-3+. The van der Waals surface area contributed by atoms with Crippen molar-refractivity contribution >= 4 is 29.3 Å². The van der Waals surface area contributed by atoms with Gasteiger partial charge >= 0.3 is 0 Å². The Labute approximate surface area is 149 Å². The van der Waals surface area contributed by atoms with Crippen LogP contribution < -0.4 is 9.64 Å². The molecule has 2 aromatic carbocycles. The summed E-state index contributed by atoms with van der Waals surface area (Å²) < 4.78 is 5.71. The van der Waals surface area contributed by atoms with Crippen LogP contribution in [-0.2, 0) is 4.79 Å². The lowest BCUT2D eigenvalue weighted by molar-refractivity contribution is -0.384. The highest BCUT2D eigenvalue weighted by molar-refractivity contribution is 6.23. The first kappa shape index (κ1) is 17.3. The van der Waals surface area contributed by atoms with Crippen molar-refractivity contribution in [2.24, 2.45) is 0 Å². The Hall–Kier alpha value is -3.48. The summed E-state index contributed by atoms with van der Waals surface area (Å²) in [6.45, 7) is 3.43. The lowest BCUT2D eigenvalue weighted by Crippen LogP contribution is -2.47. The first-order chi connectivity index (χ1) is 12.4. The molecule has 1 heterocycles. The second-order valence-corrected chi connectivity index (χ2v) is 5.74. The van der Waals surface area contributed by atoms with Gasteiger partial charge in [0.15, 0.2) is 11.9 Å². The van der Waals surface area contributed by atoms with E-state index in [1.807, 2.05) is 25.1 Å². The quantitative estimate of drug-likeness (QED) is 0.478. The SMILES string of the molecule is C/C=C/c1cccc2c1OC(C)C(=O)N2C(=O)c1ccc([N+](=O)[O-])cc1. The average Bonchev–Trinajstić information content (AvgIpc) is 2.63. The zero-order chi connectivity index (χ0) is 18.8. The number of carbonyl (C=O) groups excluding carboxylic acids is 2. The van der Waals surface area contributed by atoms with E-state index in [1.165, 1.54) is 24.3 Å². The van der Waals surface area contributed by atoms with Gasteiger partial charge in [0.25, 0.3) is 17.5 Å². The van der Waals surface area contributed by atoms with Crippen molar-refractivity contribution in [2.45, 2.75) is 20.0 Å². The fourth-order valence-electron chi connectivity index (χ4n) is 2.75. The molecule has 0 saturated carbocycles. The Kier molecular flexibility index (Phi) is 4.53. The van der Waals surface area contributed by atoms with Gasteiger partial charge in [0.05, 0.1) is 10.6 Å². The van der Waals surface area contributed by atoms with E-state index in [0.29, 0.717) is 11.4 Å². The van der Waals surface area contributed by atoms with Gasteiger partial charge in [-0.3, -0.25) is 19.7 Å². The Bertz CT molecular complexity index is 918. The first-order valence-electron chi connectivity index (χ1n) is 7.99.